The fourth-order valence-electron chi connectivity index (χ4n) is 0.180. The molecule has 0 heterocycles. The van der Waals surface area contributed by atoms with Gasteiger partial charge in [0.05, 0.1) is 5.75 Å². The first kappa shape index (κ1) is 6.82. The van der Waals surface area contributed by atoms with Gasteiger partial charge in [0.15, 0.2) is 0 Å². The first-order valence-electron chi connectivity index (χ1n) is 2.04. The highest BCUT2D eigenvalue weighted by molar-refractivity contribution is 8.02. The summed E-state index contributed by atoms with van der Waals surface area (Å²) in [7, 11) is -2.03. The minimum atomic E-state index is -2.03. The summed E-state index contributed by atoms with van der Waals surface area (Å²) in [5.74, 6) is 0.215. The molecule has 0 amide bonds. The summed E-state index contributed by atoms with van der Waals surface area (Å²) < 4.78 is 10.6. The highest BCUT2D eigenvalue weighted by Crippen LogP contribution is 1.86. The smallest absolute Gasteiger partial charge is 0.130 e. The normalized spacial score (nSPS) is 13.4. The average Bonchev–Trinajstić information content (AvgIpc) is 1.30. The quantitative estimate of drug-likeness (QED) is 0.394. The van der Waals surface area contributed by atoms with Gasteiger partial charge in [0, 0.05) is 0 Å². The summed E-state index contributed by atoms with van der Waals surface area (Å²) in [4.78, 5) is 9.65. The molecule has 0 aliphatic heterocycles. The Morgan fingerprint density at radius 1 is 1.57 bits per heavy atom. The summed E-state index contributed by atoms with van der Waals surface area (Å²) in [5, 5.41) is 0. The summed E-state index contributed by atoms with van der Waals surface area (Å²) >= 11 is 0. The second kappa shape index (κ2) is 2.21. The van der Waals surface area contributed by atoms with Gasteiger partial charge in [0.25, 0.3) is 0 Å². The lowest BCUT2D eigenvalue weighted by Gasteiger charge is -2.03. The number of thiol groups is 1. The molecule has 0 aromatic carbocycles. The molecule has 0 spiro atoms. The van der Waals surface area contributed by atoms with Crippen LogP contribution in [0, 0.1) is 0 Å². The molecule has 0 aliphatic carbocycles. The maximum absolute atomic E-state index is 10.6. The van der Waals surface area contributed by atoms with Crippen LogP contribution in [0.4, 0.5) is 0 Å². The Kier molecular flexibility index (Phi) is 2.15. The van der Waals surface area contributed by atoms with Crippen molar-refractivity contribution in [2.75, 3.05) is 18.3 Å². The summed E-state index contributed by atoms with van der Waals surface area (Å²) in [6.45, 7) is 0. The molecule has 0 saturated carbocycles. The van der Waals surface area contributed by atoms with Gasteiger partial charge in [-0.3, -0.25) is 4.21 Å². The van der Waals surface area contributed by atoms with E-state index in [1.165, 1.54) is 0 Å². The van der Waals surface area contributed by atoms with Crippen molar-refractivity contribution >= 4 is 16.2 Å². The zero-order valence-corrected chi connectivity index (χ0v) is 5.44. The molecule has 3 heteroatoms. The molecule has 0 aromatic rings. The molecule has 0 radical (unpaired) electrons. The Bertz CT molecular complexity index is 102. The van der Waals surface area contributed by atoms with Crippen LogP contribution in [0.15, 0.2) is 0 Å². The molecular formula is C4H10O2S. The maximum atomic E-state index is 10.6. The van der Waals surface area contributed by atoms with E-state index in [9.17, 15) is 9.00 Å². The van der Waals surface area contributed by atoms with Gasteiger partial charge in [-0.15, -0.1) is 9.93 Å². The van der Waals surface area contributed by atoms with Crippen LogP contribution in [-0.4, -0.2) is 28.8 Å². The molecular weight excluding hydrogens is 112 g/mol. The number of aldehydes is 1. The van der Waals surface area contributed by atoms with E-state index < -0.39 is 9.93 Å². The topological polar surface area (TPSA) is 34.1 Å². The van der Waals surface area contributed by atoms with Gasteiger partial charge < -0.3 is 4.79 Å². The van der Waals surface area contributed by atoms with Crippen LogP contribution in [0.2, 0.25) is 0 Å². The summed E-state index contributed by atoms with van der Waals surface area (Å²) in [6.07, 6.45) is 3.89. The lowest BCUT2D eigenvalue weighted by atomic mass is 10.9. The molecule has 0 bridgehead atoms. The Hall–Kier alpha value is -0.180. The van der Waals surface area contributed by atoms with Crippen LogP contribution >= 0.6 is 0 Å². The second-order valence-electron chi connectivity index (χ2n) is 1.92. The molecule has 0 rings (SSSR count). The van der Waals surface area contributed by atoms with E-state index in [0.717, 1.165) is 0 Å². The van der Waals surface area contributed by atoms with E-state index in [-0.39, 0.29) is 5.75 Å². The van der Waals surface area contributed by atoms with Crippen LogP contribution in [0.5, 0.6) is 0 Å². The minimum Gasteiger partial charge on any atom is -0.302 e. The molecule has 7 heavy (non-hydrogen) atoms. The number of carbonyl (C=O) groups excluding carboxylic acids is 1. The van der Waals surface area contributed by atoms with Crippen LogP contribution < -0.4 is 0 Å². The molecule has 0 aromatic heterocycles. The van der Waals surface area contributed by atoms with Crippen molar-refractivity contribution in [2.45, 2.75) is 0 Å². The predicted molar refractivity (Wildman–Crippen MR) is 32.3 cm³/mol. The first-order chi connectivity index (χ1) is 3.06. The molecule has 2 nitrogen and oxygen atoms in total. The molecule has 0 saturated heterocycles. The average molecular weight is 122 g/mol. The van der Waals surface area contributed by atoms with Gasteiger partial charge in [-0.1, -0.05) is 0 Å². The maximum Gasteiger partial charge on any atom is 0.130 e. The van der Waals surface area contributed by atoms with Crippen molar-refractivity contribution in [3.05, 3.63) is 0 Å². The molecule has 0 fully saturated rings. The Labute approximate surface area is 44.3 Å². The highest BCUT2D eigenvalue weighted by Gasteiger charge is 1.94. The second-order valence-corrected chi connectivity index (χ2v) is 5.44. The zero-order valence-electron chi connectivity index (χ0n) is 4.55. The van der Waals surface area contributed by atoms with E-state index in [1.54, 1.807) is 12.5 Å². The Morgan fingerprint density at radius 2 is 2.00 bits per heavy atom. The molecule has 0 N–H and O–H groups in total. The minimum absolute atomic E-state index is 0.215. The van der Waals surface area contributed by atoms with Gasteiger partial charge in [0.1, 0.15) is 6.29 Å². The Morgan fingerprint density at radius 3 is 2.00 bits per heavy atom. The molecule has 44 valence electrons. The van der Waals surface area contributed by atoms with Gasteiger partial charge in [0.2, 0.25) is 0 Å². The molecule has 0 atom stereocenters. The van der Waals surface area contributed by atoms with Gasteiger partial charge in [-0.05, 0) is 12.5 Å². The highest BCUT2D eigenvalue weighted by atomic mass is 32.2. The third kappa shape index (κ3) is 5.82. The summed E-state index contributed by atoms with van der Waals surface area (Å²) in [5.41, 5.74) is 0. The fraction of sp³-hybridized carbons (Fsp3) is 0.750. The van der Waals surface area contributed by atoms with Crippen molar-refractivity contribution < 1.29 is 9.00 Å². The van der Waals surface area contributed by atoms with Crippen LogP contribution in [0.3, 0.4) is 0 Å². The zero-order chi connectivity index (χ0) is 5.91. The summed E-state index contributed by atoms with van der Waals surface area (Å²) in [6, 6.07) is 0. The van der Waals surface area contributed by atoms with E-state index in [4.69, 9.17) is 0 Å². The van der Waals surface area contributed by atoms with Crippen LogP contribution in [-0.2, 0) is 14.7 Å². The van der Waals surface area contributed by atoms with Crippen LogP contribution in [0.25, 0.3) is 0 Å². The van der Waals surface area contributed by atoms with E-state index >= 15 is 0 Å². The molecule has 0 unspecified atom stereocenters. The monoisotopic (exact) mass is 122 g/mol. The largest absolute Gasteiger partial charge is 0.302 e. The standard InChI is InChI=1S/C4H10O2S/c1-7(2,6)4-3-5/h3,7H,4H2,1-2H3. The third-order valence-electron chi connectivity index (χ3n) is 0.514. The van der Waals surface area contributed by atoms with Crippen LogP contribution in [0.1, 0.15) is 0 Å². The van der Waals surface area contributed by atoms with E-state index in [0.29, 0.717) is 6.29 Å². The number of rotatable bonds is 2. The van der Waals surface area contributed by atoms with Crippen molar-refractivity contribution in [1.82, 2.24) is 0 Å². The van der Waals surface area contributed by atoms with Crippen molar-refractivity contribution in [2.24, 2.45) is 0 Å². The van der Waals surface area contributed by atoms with E-state index in [1.807, 2.05) is 0 Å². The van der Waals surface area contributed by atoms with Crippen molar-refractivity contribution in [3.63, 3.8) is 0 Å². The predicted octanol–water partition coefficient (Wildman–Crippen LogP) is -0.538. The van der Waals surface area contributed by atoms with E-state index in [2.05, 4.69) is 0 Å². The molecule has 0 aliphatic rings. The number of hydrogen-bond donors (Lipinski definition) is 1. The SMILES string of the molecule is C[SH](C)(=O)CC=O. The lowest BCUT2D eigenvalue weighted by Crippen LogP contribution is -2.11. The third-order valence-corrected chi connectivity index (χ3v) is 1.54. The van der Waals surface area contributed by atoms with Crippen molar-refractivity contribution in [3.8, 4) is 0 Å². The fourth-order valence-corrected chi connectivity index (χ4v) is 0.539. The van der Waals surface area contributed by atoms with Gasteiger partial charge >= 0.3 is 0 Å². The lowest BCUT2D eigenvalue weighted by molar-refractivity contribution is -0.105. The van der Waals surface area contributed by atoms with Gasteiger partial charge in [-0.2, -0.15) is 0 Å². The first-order valence-corrected chi connectivity index (χ1v) is 4.82. The van der Waals surface area contributed by atoms with Crippen molar-refractivity contribution in [1.29, 1.82) is 0 Å². The van der Waals surface area contributed by atoms with Gasteiger partial charge in [-0.25, -0.2) is 0 Å². The Balaban J connectivity index is 3.57. The number of hydrogen-bond acceptors (Lipinski definition) is 2. The number of carbonyl (C=O) groups is 1.